The highest BCUT2D eigenvalue weighted by Gasteiger charge is 2.16. The molecule has 0 saturated heterocycles. The summed E-state index contributed by atoms with van der Waals surface area (Å²) in [4.78, 5) is 0. The van der Waals surface area contributed by atoms with Gasteiger partial charge in [-0.3, -0.25) is 0 Å². The predicted octanol–water partition coefficient (Wildman–Crippen LogP) is 2.73. The minimum absolute atomic E-state index is 0.271. The van der Waals surface area contributed by atoms with Crippen molar-refractivity contribution in [2.24, 2.45) is 5.92 Å². The SMILES string of the molecule is CC(C)(C)NCCC=CC1CC1. The lowest BCUT2D eigenvalue weighted by molar-refractivity contribution is 0.431. The average molecular weight is 167 g/mol. The lowest BCUT2D eigenvalue weighted by Crippen LogP contribution is -2.36. The minimum Gasteiger partial charge on any atom is -0.312 e. The molecule has 1 rings (SSSR count). The summed E-state index contributed by atoms with van der Waals surface area (Å²) in [6, 6.07) is 0. The zero-order chi connectivity index (χ0) is 9.03. The third-order valence-electron chi connectivity index (χ3n) is 2.00. The Labute approximate surface area is 76.2 Å². The molecular formula is C11H21N. The standard InChI is InChI=1S/C11H21N/c1-11(2,3)12-9-5-4-6-10-7-8-10/h4,6,10,12H,5,7-9H2,1-3H3. The Morgan fingerprint density at radius 3 is 2.50 bits per heavy atom. The van der Waals surface area contributed by atoms with Gasteiger partial charge in [-0.1, -0.05) is 12.2 Å². The maximum absolute atomic E-state index is 3.46. The molecule has 1 aliphatic rings. The van der Waals surface area contributed by atoms with Gasteiger partial charge in [-0.15, -0.1) is 0 Å². The van der Waals surface area contributed by atoms with E-state index in [1.54, 1.807) is 0 Å². The number of hydrogen-bond acceptors (Lipinski definition) is 1. The van der Waals surface area contributed by atoms with Crippen molar-refractivity contribution in [2.75, 3.05) is 6.54 Å². The van der Waals surface area contributed by atoms with Crippen molar-refractivity contribution in [3.8, 4) is 0 Å². The lowest BCUT2D eigenvalue weighted by Gasteiger charge is -2.19. The summed E-state index contributed by atoms with van der Waals surface area (Å²) in [5, 5.41) is 3.46. The van der Waals surface area contributed by atoms with E-state index >= 15 is 0 Å². The molecule has 1 nitrogen and oxygen atoms in total. The van der Waals surface area contributed by atoms with Gasteiger partial charge in [-0.05, 0) is 52.5 Å². The van der Waals surface area contributed by atoms with Gasteiger partial charge in [0, 0.05) is 5.54 Å². The van der Waals surface area contributed by atoms with Gasteiger partial charge in [-0.2, -0.15) is 0 Å². The predicted molar refractivity (Wildman–Crippen MR) is 54.2 cm³/mol. The zero-order valence-electron chi connectivity index (χ0n) is 8.56. The van der Waals surface area contributed by atoms with Gasteiger partial charge < -0.3 is 5.32 Å². The molecule has 1 saturated carbocycles. The van der Waals surface area contributed by atoms with Gasteiger partial charge in [0.25, 0.3) is 0 Å². The van der Waals surface area contributed by atoms with E-state index in [2.05, 4.69) is 38.2 Å². The monoisotopic (exact) mass is 167 g/mol. The Hall–Kier alpha value is -0.300. The Bertz CT molecular complexity index is 149. The lowest BCUT2D eigenvalue weighted by atomic mass is 10.1. The molecule has 1 aliphatic carbocycles. The van der Waals surface area contributed by atoms with Gasteiger partial charge in [-0.25, -0.2) is 0 Å². The number of nitrogens with one attached hydrogen (secondary N) is 1. The summed E-state index contributed by atoms with van der Waals surface area (Å²) in [5.74, 6) is 0.930. The first-order valence-corrected chi connectivity index (χ1v) is 4.99. The van der Waals surface area contributed by atoms with Crippen molar-refractivity contribution in [3.05, 3.63) is 12.2 Å². The zero-order valence-corrected chi connectivity index (χ0v) is 8.56. The molecule has 12 heavy (non-hydrogen) atoms. The summed E-state index contributed by atoms with van der Waals surface area (Å²) in [6.45, 7) is 7.72. The fraction of sp³-hybridized carbons (Fsp3) is 0.818. The molecule has 0 heterocycles. The quantitative estimate of drug-likeness (QED) is 0.501. The second-order valence-corrected chi connectivity index (χ2v) is 4.73. The maximum atomic E-state index is 3.46. The first-order valence-electron chi connectivity index (χ1n) is 4.99. The van der Waals surface area contributed by atoms with Crippen LogP contribution in [0.1, 0.15) is 40.0 Å². The first-order chi connectivity index (χ1) is 5.58. The van der Waals surface area contributed by atoms with E-state index < -0.39 is 0 Å². The topological polar surface area (TPSA) is 12.0 Å². The fourth-order valence-corrected chi connectivity index (χ4v) is 1.11. The molecule has 1 N–H and O–H groups in total. The van der Waals surface area contributed by atoms with Crippen LogP contribution in [0, 0.1) is 5.92 Å². The van der Waals surface area contributed by atoms with Crippen LogP contribution in [-0.2, 0) is 0 Å². The molecule has 0 bridgehead atoms. The summed E-state index contributed by atoms with van der Waals surface area (Å²) >= 11 is 0. The third-order valence-corrected chi connectivity index (χ3v) is 2.00. The summed E-state index contributed by atoms with van der Waals surface area (Å²) < 4.78 is 0. The smallest absolute Gasteiger partial charge is 0.00966 e. The van der Waals surface area contributed by atoms with E-state index in [1.165, 1.54) is 19.3 Å². The van der Waals surface area contributed by atoms with Crippen LogP contribution < -0.4 is 5.32 Å². The summed E-state index contributed by atoms with van der Waals surface area (Å²) in [6.07, 6.45) is 8.70. The van der Waals surface area contributed by atoms with Crippen molar-refractivity contribution < 1.29 is 0 Å². The van der Waals surface area contributed by atoms with E-state index in [1.807, 2.05) is 0 Å². The maximum Gasteiger partial charge on any atom is 0.00966 e. The van der Waals surface area contributed by atoms with Gasteiger partial charge in [0.2, 0.25) is 0 Å². The van der Waals surface area contributed by atoms with Crippen molar-refractivity contribution in [1.82, 2.24) is 5.32 Å². The second kappa shape index (κ2) is 4.08. The molecule has 0 aromatic carbocycles. The minimum atomic E-state index is 0.271. The second-order valence-electron chi connectivity index (χ2n) is 4.73. The molecule has 0 unspecified atom stereocenters. The molecule has 0 aromatic heterocycles. The normalized spacial score (nSPS) is 18.9. The molecule has 0 spiro atoms. The summed E-state index contributed by atoms with van der Waals surface area (Å²) in [7, 11) is 0. The molecule has 1 heteroatoms. The first kappa shape index (κ1) is 9.79. The summed E-state index contributed by atoms with van der Waals surface area (Å²) in [5.41, 5.74) is 0.271. The Morgan fingerprint density at radius 2 is 2.00 bits per heavy atom. The molecule has 0 atom stereocenters. The van der Waals surface area contributed by atoms with Crippen molar-refractivity contribution >= 4 is 0 Å². The molecular weight excluding hydrogens is 146 g/mol. The van der Waals surface area contributed by atoms with Gasteiger partial charge in [0.05, 0.1) is 0 Å². The van der Waals surface area contributed by atoms with Gasteiger partial charge in [0.15, 0.2) is 0 Å². The molecule has 70 valence electrons. The van der Waals surface area contributed by atoms with Crippen LogP contribution in [0.3, 0.4) is 0 Å². The van der Waals surface area contributed by atoms with Crippen molar-refractivity contribution in [1.29, 1.82) is 0 Å². The van der Waals surface area contributed by atoms with Crippen LogP contribution in [0.2, 0.25) is 0 Å². The molecule has 0 amide bonds. The van der Waals surface area contributed by atoms with Crippen LogP contribution in [0.15, 0.2) is 12.2 Å². The molecule has 0 radical (unpaired) electrons. The van der Waals surface area contributed by atoms with Crippen LogP contribution in [0.25, 0.3) is 0 Å². The highest BCUT2D eigenvalue weighted by molar-refractivity contribution is 4.96. The van der Waals surface area contributed by atoms with E-state index in [4.69, 9.17) is 0 Å². The van der Waals surface area contributed by atoms with E-state index in [9.17, 15) is 0 Å². The van der Waals surface area contributed by atoms with E-state index in [0.29, 0.717) is 0 Å². The van der Waals surface area contributed by atoms with Crippen molar-refractivity contribution in [3.63, 3.8) is 0 Å². The van der Waals surface area contributed by atoms with Crippen LogP contribution in [0.5, 0.6) is 0 Å². The Balaban J connectivity index is 1.94. The highest BCUT2D eigenvalue weighted by Crippen LogP contribution is 2.29. The van der Waals surface area contributed by atoms with Crippen LogP contribution in [-0.4, -0.2) is 12.1 Å². The molecule has 0 aliphatic heterocycles. The fourth-order valence-electron chi connectivity index (χ4n) is 1.11. The van der Waals surface area contributed by atoms with Gasteiger partial charge >= 0.3 is 0 Å². The van der Waals surface area contributed by atoms with Crippen LogP contribution >= 0.6 is 0 Å². The highest BCUT2D eigenvalue weighted by atomic mass is 14.9. The van der Waals surface area contributed by atoms with E-state index in [0.717, 1.165) is 12.5 Å². The third kappa shape index (κ3) is 5.36. The van der Waals surface area contributed by atoms with Crippen LogP contribution in [0.4, 0.5) is 0 Å². The molecule has 0 aromatic rings. The number of rotatable bonds is 4. The van der Waals surface area contributed by atoms with Gasteiger partial charge in [0.1, 0.15) is 0 Å². The molecule has 1 fully saturated rings. The largest absolute Gasteiger partial charge is 0.312 e. The van der Waals surface area contributed by atoms with E-state index in [-0.39, 0.29) is 5.54 Å². The Kier molecular flexibility index (Phi) is 3.33. The van der Waals surface area contributed by atoms with Crippen molar-refractivity contribution in [2.45, 2.75) is 45.6 Å². The number of hydrogen-bond donors (Lipinski definition) is 1. The Morgan fingerprint density at radius 1 is 1.33 bits per heavy atom. The average Bonchev–Trinajstić information content (AvgIpc) is 2.68. The number of allylic oxidation sites excluding steroid dienone is 1.